The molecule has 1 aliphatic carbocycles. The van der Waals surface area contributed by atoms with E-state index in [2.05, 4.69) is 64.5 Å². The topological polar surface area (TPSA) is 169 Å². The number of pyridine rings is 1. The van der Waals surface area contributed by atoms with Gasteiger partial charge in [0.2, 0.25) is 17.7 Å². The van der Waals surface area contributed by atoms with Gasteiger partial charge in [-0.15, -0.1) is 0 Å². The lowest BCUT2D eigenvalue weighted by molar-refractivity contribution is -0.164. The fraction of sp³-hybridized carbons (Fsp3) is 0.551. The van der Waals surface area contributed by atoms with Crippen LogP contribution < -0.4 is 25.6 Å². The maximum absolute atomic E-state index is 13.7. The Morgan fingerprint density at radius 1 is 0.954 bits per heavy atom. The van der Waals surface area contributed by atoms with Crippen LogP contribution in [-0.4, -0.2) is 115 Å². The molecule has 1 aromatic heterocycles. The Bertz CT molecular complexity index is 2190. The quantitative estimate of drug-likeness (QED) is 0.136. The van der Waals surface area contributed by atoms with Crippen LogP contribution in [0.15, 0.2) is 60.8 Å². The Balaban J connectivity index is 0.936. The number of hydrogen-bond donors (Lipinski definition) is 3. The summed E-state index contributed by atoms with van der Waals surface area (Å²) in [6.07, 6.45) is 1.72. The summed E-state index contributed by atoms with van der Waals surface area (Å²) in [5, 5.41) is 19.3. The van der Waals surface area contributed by atoms with E-state index in [0.717, 1.165) is 37.6 Å². The average molecular weight is 932 g/mol. The van der Waals surface area contributed by atoms with Crippen molar-refractivity contribution in [2.24, 2.45) is 22.7 Å². The zero-order valence-electron chi connectivity index (χ0n) is 38.8. The first kappa shape index (κ1) is 49.5. The van der Waals surface area contributed by atoms with E-state index < -0.39 is 29.0 Å². The van der Waals surface area contributed by atoms with Crippen molar-refractivity contribution in [1.82, 2.24) is 30.7 Å². The van der Waals surface area contributed by atoms with E-state index in [4.69, 9.17) is 32.7 Å². The van der Waals surface area contributed by atoms with E-state index in [-0.39, 0.29) is 47.6 Å². The molecule has 65 heavy (non-hydrogen) atoms. The third-order valence-electron chi connectivity index (χ3n) is 13.0. The van der Waals surface area contributed by atoms with Crippen LogP contribution in [0.3, 0.4) is 0 Å². The number of benzene rings is 2. The lowest BCUT2D eigenvalue weighted by Gasteiger charge is -2.63. The molecule has 1 saturated carbocycles. The normalized spacial score (nSPS) is 22.3. The van der Waals surface area contributed by atoms with Gasteiger partial charge >= 0.3 is 0 Å². The van der Waals surface area contributed by atoms with Crippen LogP contribution in [0.1, 0.15) is 89.7 Å². The number of likely N-dealkylation sites (tertiary alicyclic amines) is 1. The fourth-order valence-corrected chi connectivity index (χ4v) is 10.1. The van der Waals surface area contributed by atoms with Crippen molar-refractivity contribution in [3.63, 3.8) is 0 Å². The van der Waals surface area contributed by atoms with Crippen LogP contribution in [0.4, 0.5) is 5.82 Å². The molecular weight excluding hydrogens is 867 g/mol. The van der Waals surface area contributed by atoms with E-state index in [9.17, 15) is 24.4 Å². The van der Waals surface area contributed by atoms with Crippen molar-refractivity contribution in [2.45, 2.75) is 105 Å². The van der Waals surface area contributed by atoms with Gasteiger partial charge in [0.05, 0.1) is 22.8 Å². The molecule has 0 bridgehead atoms. The number of halogens is 2. The van der Waals surface area contributed by atoms with Crippen LogP contribution in [0.5, 0.6) is 5.75 Å². The maximum Gasteiger partial charge on any atom is 0.253 e. The number of aromatic nitrogens is 1. The highest BCUT2D eigenvalue weighted by molar-refractivity contribution is 6.31. The maximum atomic E-state index is 13.7. The lowest BCUT2D eigenvalue weighted by Crippen LogP contribution is -2.74. The number of hydrogen-bond acceptors (Lipinski definition) is 10. The third kappa shape index (κ3) is 11.9. The second-order valence-electron chi connectivity index (χ2n) is 19.4. The monoisotopic (exact) mass is 930 g/mol. The molecule has 3 heterocycles. The fourth-order valence-electron chi connectivity index (χ4n) is 9.79. The zero-order chi connectivity index (χ0) is 47.2. The summed E-state index contributed by atoms with van der Waals surface area (Å²) >= 11 is 12.3. The van der Waals surface area contributed by atoms with Gasteiger partial charge in [0.1, 0.15) is 41.9 Å². The molecular formula is C49H64Cl2N8O6. The van der Waals surface area contributed by atoms with Gasteiger partial charge in [-0.3, -0.25) is 24.1 Å². The first-order chi connectivity index (χ1) is 30.8. The van der Waals surface area contributed by atoms with Gasteiger partial charge in [-0.25, -0.2) is 4.98 Å². The number of carbonyl (C=O) groups excluding carboxylic acids is 4. The second kappa shape index (κ2) is 21.1. The second-order valence-corrected chi connectivity index (χ2v) is 20.3. The minimum Gasteiger partial charge on any atom is -0.489 e. The summed E-state index contributed by atoms with van der Waals surface area (Å²) in [7, 11) is 0. The molecule has 0 spiro atoms. The lowest BCUT2D eigenvalue weighted by atomic mass is 9.49. The summed E-state index contributed by atoms with van der Waals surface area (Å²) < 4.78 is 12.6. The highest BCUT2D eigenvalue weighted by Gasteiger charge is 2.64. The van der Waals surface area contributed by atoms with Crippen molar-refractivity contribution < 1.29 is 28.7 Å². The van der Waals surface area contributed by atoms with E-state index in [0.29, 0.717) is 66.0 Å². The van der Waals surface area contributed by atoms with Gasteiger partial charge in [-0.05, 0) is 73.6 Å². The third-order valence-corrected chi connectivity index (χ3v) is 13.6. The molecule has 2 aliphatic heterocycles. The molecule has 2 saturated heterocycles. The number of nitriles is 1. The summed E-state index contributed by atoms with van der Waals surface area (Å²) in [6, 6.07) is 16.4. The Labute approximate surface area is 393 Å². The predicted molar refractivity (Wildman–Crippen MR) is 252 cm³/mol. The van der Waals surface area contributed by atoms with E-state index in [1.807, 2.05) is 45.0 Å². The number of piperazine rings is 1. The largest absolute Gasteiger partial charge is 0.489 e. The Morgan fingerprint density at radius 2 is 1.65 bits per heavy atom. The number of amides is 4. The number of anilines is 1. The van der Waals surface area contributed by atoms with Gasteiger partial charge in [0, 0.05) is 80.0 Å². The SMILES string of the molecule is CC(C)C[C@H](OCCN1CCN(c2ccc(C(=O)NC3C(C)(C)C(Oc4ccc(C#N)c(Cl)c4)C3(C)C)cn2)CC1)C(=O)N[C@@H](C)C(=O)N1C[C@H](C)C[C@H]1C(=O)NCc1ccc(Cl)cc1. The van der Waals surface area contributed by atoms with Crippen LogP contribution in [0, 0.1) is 34.0 Å². The minimum atomic E-state index is -0.833. The predicted octanol–water partition coefficient (Wildman–Crippen LogP) is 6.48. The van der Waals surface area contributed by atoms with Crippen LogP contribution >= 0.6 is 23.2 Å². The van der Waals surface area contributed by atoms with Gasteiger partial charge in [-0.1, -0.05) is 83.8 Å². The van der Waals surface area contributed by atoms with Crippen LogP contribution in [-0.2, 0) is 25.7 Å². The van der Waals surface area contributed by atoms with Gasteiger partial charge < -0.3 is 35.2 Å². The molecule has 6 rings (SSSR count). The highest BCUT2D eigenvalue weighted by Crippen LogP contribution is 2.55. The molecule has 14 nitrogen and oxygen atoms in total. The number of nitrogens with zero attached hydrogens (tertiary/aromatic N) is 5. The number of ether oxygens (including phenoxy) is 2. The standard InChI is InChI=1S/C49H64Cl2N8O6/c1-30(2)23-40(44(62)55-32(4)45(63)59-29-31(3)24-39(59)43(61)54-27-33-9-13-36(50)14-10-33)64-22-21-57-17-19-58(20-18-57)41-16-12-35(28-53-41)42(60)56-46-48(5,6)47(49(46,7)8)65-37-15-11-34(26-52)38(51)25-37/h9-16,25,28,30-32,39-40,46-47H,17-24,27,29H2,1-8H3,(H,54,61)(H,55,62)(H,56,60)/t31-,32+,39+,40+,46?,47?/m1/s1. The average Bonchev–Trinajstić information content (AvgIpc) is 3.67. The van der Waals surface area contributed by atoms with Crippen molar-refractivity contribution in [3.8, 4) is 11.8 Å². The molecule has 4 amide bonds. The summed E-state index contributed by atoms with van der Waals surface area (Å²) in [4.78, 5) is 64.8. The van der Waals surface area contributed by atoms with Gasteiger partial charge in [0.15, 0.2) is 0 Å². The smallest absolute Gasteiger partial charge is 0.253 e. The molecule has 0 radical (unpaired) electrons. The Hall–Kier alpha value is -4.94. The molecule has 3 aliphatic rings. The van der Waals surface area contributed by atoms with Gasteiger partial charge in [0.25, 0.3) is 5.91 Å². The van der Waals surface area contributed by atoms with Crippen molar-refractivity contribution in [2.75, 3.05) is 50.8 Å². The number of rotatable bonds is 17. The molecule has 3 aromatic rings. The first-order valence-electron chi connectivity index (χ1n) is 22.6. The molecule has 0 unspecified atom stereocenters. The molecule has 2 aromatic carbocycles. The number of carbonyl (C=O) groups is 4. The molecule has 16 heteroatoms. The van der Waals surface area contributed by atoms with E-state index in [1.165, 1.54) is 0 Å². The molecule has 3 fully saturated rings. The summed E-state index contributed by atoms with van der Waals surface area (Å²) in [5.41, 5.74) is 0.982. The minimum absolute atomic E-state index is 0.140. The Kier molecular flexibility index (Phi) is 16.1. The van der Waals surface area contributed by atoms with E-state index >= 15 is 0 Å². The molecule has 350 valence electrons. The van der Waals surface area contributed by atoms with Gasteiger partial charge in [-0.2, -0.15) is 5.26 Å². The summed E-state index contributed by atoms with van der Waals surface area (Å²) in [5.74, 6) is 0.637. The highest BCUT2D eigenvalue weighted by atomic mass is 35.5. The zero-order valence-corrected chi connectivity index (χ0v) is 40.3. The first-order valence-corrected chi connectivity index (χ1v) is 23.4. The van der Waals surface area contributed by atoms with Crippen LogP contribution in [0.2, 0.25) is 10.0 Å². The Morgan fingerprint density at radius 3 is 2.26 bits per heavy atom. The van der Waals surface area contributed by atoms with Crippen LogP contribution in [0.25, 0.3) is 0 Å². The van der Waals surface area contributed by atoms with Crippen molar-refractivity contribution >= 4 is 52.6 Å². The van der Waals surface area contributed by atoms with Crippen molar-refractivity contribution in [3.05, 3.63) is 87.5 Å². The van der Waals surface area contributed by atoms with E-state index in [1.54, 1.807) is 48.4 Å². The molecule has 4 atom stereocenters. The number of nitrogens with one attached hydrogen (secondary N) is 3. The van der Waals surface area contributed by atoms with Crippen molar-refractivity contribution in [1.29, 1.82) is 5.26 Å². The molecule has 3 N–H and O–H groups in total. The summed E-state index contributed by atoms with van der Waals surface area (Å²) in [6.45, 7) is 20.8.